The van der Waals surface area contributed by atoms with Crippen LogP contribution in [0.3, 0.4) is 0 Å². The van der Waals surface area contributed by atoms with E-state index in [9.17, 15) is 8.42 Å². The van der Waals surface area contributed by atoms with Gasteiger partial charge in [0.15, 0.2) is 5.82 Å². The number of hydrogen-bond donors (Lipinski definition) is 3. The number of pyridine rings is 1. The lowest BCUT2D eigenvalue weighted by molar-refractivity contribution is 0.315. The molecular weight excluding hydrogens is 414 g/mol. The second-order valence-electron chi connectivity index (χ2n) is 8.67. The Bertz CT molecular complexity index is 1050. The SMILES string of the molecule is C=Nc1[nH]ccc1N=C(C)c1cccnc1NC1CCCN(S(=O)(=O)NC(C)(C)C)C1. The van der Waals surface area contributed by atoms with Gasteiger partial charge in [-0.1, -0.05) is 0 Å². The molecule has 3 rings (SSSR count). The van der Waals surface area contributed by atoms with Crippen LogP contribution in [0.15, 0.2) is 40.6 Å². The number of aromatic nitrogens is 2. The maximum absolute atomic E-state index is 12.7. The Balaban J connectivity index is 1.78. The smallest absolute Gasteiger partial charge is 0.279 e. The van der Waals surface area contributed by atoms with Gasteiger partial charge in [0, 0.05) is 48.3 Å². The molecule has 0 aromatic carbocycles. The van der Waals surface area contributed by atoms with Crippen molar-refractivity contribution >= 4 is 40.0 Å². The van der Waals surface area contributed by atoms with Crippen LogP contribution in [0.4, 0.5) is 17.3 Å². The second-order valence-corrected chi connectivity index (χ2v) is 10.3. The molecule has 168 valence electrons. The molecule has 0 aliphatic carbocycles. The Hall–Kier alpha value is -2.56. The van der Waals surface area contributed by atoms with Crippen molar-refractivity contribution in [3.63, 3.8) is 0 Å². The lowest BCUT2D eigenvalue weighted by Gasteiger charge is -2.34. The first kappa shape index (κ1) is 23.1. The van der Waals surface area contributed by atoms with E-state index in [4.69, 9.17) is 0 Å². The molecule has 3 N–H and O–H groups in total. The van der Waals surface area contributed by atoms with Crippen LogP contribution in [0, 0.1) is 0 Å². The number of anilines is 1. The Morgan fingerprint density at radius 1 is 1.35 bits per heavy atom. The average molecular weight is 446 g/mol. The van der Waals surface area contributed by atoms with Crippen LogP contribution in [-0.4, -0.2) is 59.8 Å². The number of aromatic amines is 1. The molecule has 1 unspecified atom stereocenters. The molecule has 9 nitrogen and oxygen atoms in total. The summed E-state index contributed by atoms with van der Waals surface area (Å²) in [5, 5.41) is 3.43. The van der Waals surface area contributed by atoms with E-state index in [1.54, 1.807) is 12.4 Å². The molecule has 10 heteroatoms. The van der Waals surface area contributed by atoms with Crippen molar-refractivity contribution < 1.29 is 8.42 Å². The van der Waals surface area contributed by atoms with Crippen molar-refractivity contribution in [3.8, 4) is 0 Å². The monoisotopic (exact) mass is 445 g/mol. The van der Waals surface area contributed by atoms with Gasteiger partial charge in [0.2, 0.25) is 0 Å². The van der Waals surface area contributed by atoms with Crippen LogP contribution >= 0.6 is 0 Å². The van der Waals surface area contributed by atoms with Crippen LogP contribution in [0.1, 0.15) is 46.1 Å². The van der Waals surface area contributed by atoms with Crippen molar-refractivity contribution in [1.82, 2.24) is 19.0 Å². The summed E-state index contributed by atoms with van der Waals surface area (Å²) < 4.78 is 29.7. The number of piperidine rings is 1. The third-order valence-electron chi connectivity index (χ3n) is 4.85. The number of H-pyrrole nitrogens is 1. The summed E-state index contributed by atoms with van der Waals surface area (Å²) in [5.74, 6) is 1.29. The summed E-state index contributed by atoms with van der Waals surface area (Å²) in [7, 11) is -3.56. The number of aliphatic imine (C=N–C) groups is 2. The third-order valence-corrected chi connectivity index (χ3v) is 6.73. The predicted molar refractivity (Wildman–Crippen MR) is 126 cm³/mol. The van der Waals surface area contributed by atoms with E-state index in [1.807, 2.05) is 45.9 Å². The molecule has 3 heterocycles. The molecule has 2 aromatic heterocycles. The summed E-state index contributed by atoms with van der Waals surface area (Å²) >= 11 is 0. The molecule has 0 bridgehead atoms. The van der Waals surface area contributed by atoms with Crippen LogP contribution in [0.5, 0.6) is 0 Å². The number of hydrogen-bond acceptors (Lipinski definition) is 6. The highest BCUT2D eigenvalue weighted by atomic mass is 32.2. The third kappa shape index (κ3) is 5.99. The van der Waals surface area contributed by atoms with E-state index in [-0.39, 0.29) is 6.04 Å². The lowest BCUT2D eigenvalue weighted by Crippen LogP contribution is -2.53. The van der Waals surface area contributed by atoms with Gasteiger partial charge >= 0.3 is 0 Å². The van der Waals surface area contributed by atoms with Gasteiger partial charge in [-0.3, -0.25) is 0 Å². The number of nitrogens with zero attached hydrogens (tertiary/aromatic N) is 4. The van der Waals surface area contributed by atoms with E-state index in [1.165, 1.54) is 4.31 Å². The van der Waals surface area contributed by atoms with Gasteiger partial charge in [0.1, 0.15) is 11.5 Å². The first-order chi connectivity index (χ1) is 14.6. The van der Waals surface area contributed by atoms with Crippen molar-refractivity contribution in [1.29, 1.82) is 0 Å². The van der Waals surface area contributed by atoms with Crippen LogP contribution in [-0.2, 0) is 10.2 Å². The fraction of sp³-hybridized carbons (Fsp3) is 0.476. The summed E-state index contributed by atoms with van der Waals surface area (Å²) in [4.78, 5) is 16.1. The van der Waals surface area contributed by atoms with Crippen molar-refractivity contribution in [2.45, 2.75) is 52.1 Å². The van der Waals surface area contributed by atoms with Crippen LogP contribution in [0.2, 0.25) is 0 Å². The van der Waals surface area contributed by atoms with Crippen LogP contribution < -0.4 is 10.0 Å². The normalized spacial score (nSPS) is 18.7. The fourth-order valence-electron chi connectivity index (χ4n) is 3.55. The fourth-order valence-corrected chi connectivity index (χ4v) is 5.19. The standard InChI is InChI=1S/C21H31N7O2S/c1-15(25-18-10-12-24-20(18)22-5)17-9-6-11-23-19(17)26-16-8-7-13-28(14-16)31(29,30)27-21(2,3)4/h6,9-12,16,24,27H,5,7-8,13-14H2,1-4H3,(H,23,26). The van der Waals surface area contributed by atoms with Crippen LogP contribution in [0.25, 0.3) is 0 Å². The maximum atomic E-state index is 12.7. The topological polar surface area (TPSA) is 115 Å². The van der Waals surface area contributed by atoms with Gasteiger partial charge in [-0.2, -0.15) is 17.4 Å². The Kier molecular flexibility index (Phi) is 6.93. The molecule has 1 atom stereocenters. The first-order valence-electron chi connectivity index (χ1n) is 10.3. The minimum Gasteiger partial charge on any atom is -0.365 e. The highest BCUT2D eigenvalue weighted by molar-refractivity contribution is 7.87. The van der Waals surface area contributed by atoms with Crippen molar-refractivity contribution in [2.24, 2.45) is 9.98 Å². The minimum atomic E-state index is -3.56. The molecule has 0 radical (unpaired) electrons. The minimum absolute atomic E-state index is 0.0515. The molecule has 1 saturated heterocycles. The molecule has 1 aliphatic heterocycles. The molecule has 1 aliphatic rings. The Morgan fingerprint density at radius 3 is 2.84 bits per heavy atom. The van der Waals surface area contributed by atoms with E-state index in [0.717, 1.165) is 24.1 Å². The summed E-state index contributed by atoms with van der Waals surface area (Å²) in [6, 6.07) is 5.59. The number of rotatable bonds is 7. The van der Waals surface area contributed by atoms with Crippen molar-refractivity contribution in [3.05, 3.63) is 36.2 Å². The average Bonchev–Trinajstić information content (AvgIpc) is 3.14. The van der Waals surface area contributed by atoms with Gasteiger partial charge in [0.05, 0.1) is 0 Å². The lowest BCUT2D eigenvalue weighted by atomic mass is 10.1. The zero-order valence-electron chi connectivity index (χ0n) is 18.5. The van der Waals surface area contributed by atoms with E-state index < -0.39 is 15.7 Å². The van der Waals surface area contributed by atoms with Gasteiger partial charge in [-0.15, -0.1) is 0 Å². The highest BCUT2D eigenvalue weighted by Crippen LogP contribution is 2.27. The van der Waals surface area contributed by atoms with Gasteiger partial charge in [-0.05, 0) is 65.5 Å². The van der Waals surface area contributed by atoms with Gasteiger partial charge < -0.3 is 10.3 Å². The predicted octanol–water partition coefficient (Wildman–Crippen LogP) is 3.39. The summed E-state index contributed by atoms with van der Waals surface area (Å²) in [6.45, 7) is 11.9. The molecule has 1 fully saturated rings. The summed E-state index contributed by atoms with van der Waals surface area (Å²) in [6.07, 6.45) is 5.11. The van der Waals surface area contributed by atoms with E-state index in [2.05, 4.69) is 36.7 Å². The van der Waals surface area contributed by atoms with Crippen molar-refractivity contribution in [2.75, 3.05) is 18.4 Å². The molecular formula is C21H31N7O2S. The highest BCUT2D eigenvalue weighted by Gasteiger charge is 2.32. The molecule has 2 aromatic rings. The van der Waals surface area contributed by atoms with E-state index >= 15 is 0 Å². The van der Waals surface area contributed by atoms with Gasteiger partial charge in [0.25, 0.3) is 10.2 Å². The first-order valence-corrected chi connectivity index (χ1v) is 11.7. The Morgan fingerprint density at radius 2 is 2.13 bits per heavy atom. The molecule has 0 spiro atoms. The van der Waals surface area contributed by atoms with Gasteiger partial charge in [-0.25, -0.2) is 15.0 Å². The zero-order chi connectivity index (χ0) is 22.6. The zero-order valence-corrected chi connectivity index (χ0v) is 19.3. The second kappa shape index (κ2) is 9.29. The molecule has 31 heavy (non-hydrogen) atoms. The molecule has 0 amide bonds. The quantitative estimate of drug-likeness (QED) is 0.567. The number of nitrogens with one attached hydrogen (secondary N) is 3. The Labute approximate surface area is 184 Å². The summed E-state index contributed by atoms with van der Waals surface area (Å²) in [5.41, 5.74) is 1.80. The molecule has 0 saturated carbocycles. The maximum Gasteiger partial charge on any atom is 0.279 e. The largest absolute Gasteiger partial charge is 0.365 e. The van der Waals surface area contributed by atoms with E-state index in [0.29, 0.717) is 30.4 Å².